The maximum absolute atomic E-state index is 16.9. The predicted molar refractivity (Wildman–Crippen MR) is 178 cm³/mol. The van der Waals surface area contributed by atoms with E-state index >= 15 is 4.39 Å². The molecule has 2 aromatic carbocycles. The highest BCUT2D eigenvalue weighted by Crippen LogP contribution is 2.53. The van der Waals surface area contributed by atoms with Gasteiger partial charge in [0.15, 0.2) is 5.82 Å². The number of phenols is 1. The first-order valence-corrected chi connectivity index (χ1v) is 17.1. The van der Waals surface area contributed by atoms with E-state index in [4.69, 9.17) is 20.9 Å². The Labute approximate surface area is 286 Å². The molecule has 0 spiro atoms. The second kappa shape index (κ2) is 12.5. The molecule has 50 heavy (non-hydrogen) atoms. The molecule has 2 N–H and O–H groups in total. The molecule has 4 fully saturated rings. The number of aliphatic hydroxyl groups excluding tert-OH is 1. The zero-order valence-corrected chi connectivity index (χ0v) is 27.3. The van der Waals surface area contributed by atoms with E-state index in [1.807, 2.05) is 0 Å². The van der Waals surface area contributed by atoms with Gasteiger partial charge in [-0.25, -0.2) is 17.6 Å². The summed E-state index contributed by atoms with van der Waals surface area (Å²) in [6.45, 7) is 2.29. The summed E-state index contributed by atoms with van der Waals surface area (Å²) in [6, 6.07) is 5.34. The van der Waals surface area contributed by atoms with Gasteiger partial charge in [0.25, 0.3) is 5.92 Å². The SMILES string of the molecule is C#Cc1c(F)ccc2cc(O)cc(-c3ncc4c(N5CCOCC(O)C5)nc(OCC56CCCC5N(CC5CC5(F)F)CCC6)nc4c3F)c12. The number of aliphatic hydroxyl groups is 1. The van der Waals surface area contributed by atoms with Crippen LogP contribution in [0.15, 0.2) is 30.5 Å². The molecular weight excluding hydrogens is 654 g/mol. The van der Waals surface area contributed by atoms with Gasteiger partial charge >= 0.3 is 6.01 Å². The van der Waals surface area contributed by atoms with Crippen LogP contribution in [0.2, 0.25) is 0 Å². The molecular formula is C37H37F4N5O4. The lowest BCUT2D eigenvalue weighted by Crippen LogP contribution is -2.52. The largest absolute Gasteiger partial charge is 0.508 e. The second-order valence-corrected chi connectivity index (χ2v) is 14.2. The van der Waals surface area contributed by atoms with Crippen molar-refractivity contribution in [1.29, 1.82) is 0 Å². The number of halogens is 4. The molecule has 0 radical (unpaired) electrons. The number of rotatable bonds is 7. The van der Waals surface area contributed by atoms with Gasteiger partial charge in [-0.05, 0) is 55.8 Å². The third-order valence-corrected chi connectivity index (χ3v) is 11.0. The molecule has 2 aliphatic carbocycles. The minimum Gasteiger partial charge on any atom is -0.508 e. The van der Waals surface area contributed by atoms with Crippen molar-refractivity contribution in [3.63, 3.8) is 0 Å². The fourth-order valence-electron chi connectivity index (χ4n) is 8.44. The summed E-state index contributed by atoms with van der Waals surface area (Å²) in [5.41, 5.74) is -0.617. The van der Waals surface area contributed by atoms with Crippen LogP contribution in [0.5, 0.6) is 11.8 Å². The first-order valence-electron chi connectivity index (χ1n) is 17.1. The number of benzene rings is 2. The zero-order chi connectivity index (χ0) is 34.8. The van der Waals surface area contributed by atoms with Gasteiger partial charge < -0.3 is 24.6 Å². The quantitative estimate of drug-likeness (QED) is 0.187. The normalized spacial score (nSPS) is 26.5. The minimum atomic E-state index is -2.59. The van der Waals surface area contributed by atoms with Crippen LogP contribution < -0.4 is 9.64 Å². The van der Waals surface area contributed by atoms with E-state index in [9.17, 15) is 23.4 Å². The molecule has 13 heteroatoms. The smallest absolute Gasteiger partial charge is 0.319 e. The summed E-state index contributed by atoms with van der Waals surface area (Å²) in [7, 11) is 0. The van der Waals surface area contributed by atoms with Crippen LogP contribution in [0.4, 0.5) is 23.4 Å². The number of alkyl halides is 2. The van der Waals surface area contributed by atoms with E-state index in [1.54, 1.807) is 4.90 Å². The number of hydrogen-bond acceptors (Lipinski definition) is 9. The van der Waals surface area contributed by atoms with Gasteiger partial charge in [0.05, 0.1) is 36.9 Å². The molecule has 8 rings (SSSR count). The third kappa shape index (κ3) is 5.77. The van der Waals surface area contributed by atoms with Crippen LogP contribution >= 0.6 is 0 Å². The number of terminal acetylenes is 1. The number of fused-ring (bicyclic) bond motifs is 3. The number of nitrogens with zero attached hydrogens (tertiary/aromatic N) is 5. The first kappa shape index (κ1) is 32.9. The molecule has 4 aliphatic rings. The summed E-state index contributed by atoms with van der Waals surface area (Å²) in [6.07, 6.45) is 10.6. The predicted octanol–water partition coefficient (Wildman–Crippen LogP) is 5.68. The van der Waals surface area contributed by atoms with E-state index in [0.717, 1.165) is 38.6 Å². The van der Waals surface area contributed by atoms with Gasteiger partial charge in [-0.15, -0.1) is 6.42 Å². The standard InChI is InChI=1S/C37H37F4N5O4/c1-2-25-28(38)7-6-21-13-23(47)14-26(30(21)25)32-31(39)33-27(16-42-32)34(46-11-12-49-19-24(48)18-46)44-35(43-33)50-20-36-8-3-5-29(36)45(10-4-9-36)17-22-15-37(22,40)41/h1,6-7,13-14,16,22,24,29,47-48H,3-5,8-12,15,17-20H2. The number of likely N-dealkylation sites (tertiary alicyclic amines) is 1. The van der Waals surface area contributed by atoms with E-state index in [-0.39, 0.29) is 82.5 Å². The number of ether oxygens (including phenoxy) is 2. The summed E-state index contributed by atoms with van der Waals surface area (Å²) >= 11 is 0. The number of β-amino-alcohol motifs (C(OH)–C–C–N with tert-alkyl or cyclic N) is 1. The lowest BCUT2D eigenvalue weighted by atomic mass is 9.75. The van der Waals surface area contributed by atoms with Crippen molar-refractivity contribution in [1.82, 2.24) is 19.9 Å². The number of aromatic nitrogens is 3. The number of piperidine rings is 1. The molecule has 4 heterocycles. The third-order valence-electron chi connectivity index (χ3n) is 11.0. The Kier molecular flexibility index (Phi) is 8.24. The maximum Gasteiger partial charge on any atom is 0.319 e. The van der Waals surface area contributed by atoms with E-state index < -0.39 is 29.6 Å². The van der Waals surface area contributed by atoms with Crippen LogP contribution in [-0.2, 0) is 4.74 Å². The molecule has 262 valence electrons. The molecule has 0 bridgehead atoms. The summed E-state index contributed by atoms with van der Waals surface area (Å²) in [5.74, 6) is -2.27. The van der Waals surface area contributed by atoms with Crippen LogP contribution in [-0.4, -0.2) is 94.1 Å². The Morgan fingerprint density at radius 3 is 2.74 bits per heavy atom. The van der Waals surface area contributed by atoms with Crippen LogP contribution in [0.25, 0.3) is 32.9 Å². The Bertz CT molecular complexity index is 2020. The van der Waals surface area contributed by atoms with Gasteiger partial charge in [-0.1, -0.05) is 18.4 Å². The number of aromatic hydroxyl groups is 1. The molecule has 2 aliphatic heterocycles. The van der Waals surface area contributed by atoms with Crippen molar-refractivity contribution >= 4 is 27.5 Å². The Morgan fingerprint density at radius 2 is 1.94 bits per heavy atom. The minimum absolute atomic E-state index is 0.0660. The molecule has 4 atom stereocenters. The first-order chi connectivity index (χ1) is 24.1. The van der Waals surface area contributed by atoms with Gasteiger partial charge in [0, 0.05) is 60.6 Å². The fraction of sp³-hybridized carbons (Fsp3) is 0.486. The van der Waals surface area contributed by atoms with Gasteiger partial charge in [0.1, 0.15) is 28.6 Å². The number of pyridine rings is 1. The van der Waals surface area contributed by atoms with E-state index in [0.29, 0.717) is 30.9 Å². The maximum atomic E-state index is 16.9. The van der Waals surface area contributed by atoms with E-state index in [1.165, 1.54) is 30.5 Å². The van der Waals surface area contributed by atoms with Crippen LogP contribution in [0.3, 0.4) is 0 Å². The average Bonchev–Trinajstić information content (AvgIpc) is 3.56. The molecule has 9 nitrogen and oxygen atoms in total. The van der Waals surface area contributed by atoms with Crippen molar-refractivity contribution in [2.45, 2.75) is 56.6 Å². The van der Waals surface area contributed by atoms with Crippen LogP contribution in [0.1, 0.15) is 44.1 Å². The lowest BCUT2D eigenvalue weighted by molar-refractivity contribution is -0.0102. The number of phenolic OH excluding ortho intramolecular Hbond substituents is 1. The highest BCUT2D eigenvalue weighted by Gasteiger charge is 2.59. The Morgan fingerprint density at radius 1 is 1.12 bits per heavy atom. The highest BCUT2D eigenvalue weighted by molar-refractivity contribution is 6.03. The molecule has 2 saturated heterocycles. The molecule has 4 aromatic rings. The highest BCUT2D eigenvalue weighted by atomic mass is 19.3. The lowest BCUT2D eigenvalue weighted by Gasteiger charge is -2.46. The van der Waals surface area contributed by atoms with Gasteiger partial charge in [0.2, 0.25) is 0 Å². The van der Waals surface area contributed by atoms with Crippen molar-refractivity contribution < 1.29 is 37.2 Å². The topological polar surface area (TPSA) is 104 Å². The van der Waals surface area contributed by atoms with E-state index in [2.05, 4.69) is 20.8 Å². The van der Waals surface area contributed by atoms with Crippen molar-refractivity contribution in [3.8, 4) is 35.4 Å². The summed E-state index contributed by atoms with van der Waals surface area (Å²) in [4.78, 5) is 17.7. The van der Waals surface area contributed by atoms with Crippen molar-refractivity contribution in [2.75, 3.05) is 50.9 Å². The number of anilines is 1. The molecule has 0 amide bonds. The van der Waals surface area contributed by atoms with Crippen LogP contribution in [0, 0.1) is 35.3 Å². The fourth-order valence-corrected chi connectivity index (χ4v) is 8.44. The van der Waals surface area contributed by atoms with Gasteiger partial charge in [-0.3, -0.25) is 9.88 Å². The zero-order valence-electron chi connectivity index (χ0n) is 27.3. The Hall–Kier alpha value is -4.25. The van der Waals surface area contributed by atoms with Crippen molar-refractivity contribution in [3.05, 3.63) is 47.7 Å². The Balaban J connectivity index is 1.21. The monoisotopic (exact) mass is 691 g/mol. The summed E-state index contributed by atoms with van der Waals surface area (Å²) < 4.78 is 71.4. The average molecular weight is 692 g/mol. The van der Waals surface area contributed by atoms with Gasteiger partial charge in [-0.2, -0.15) is 9.97 Å². The molecule has 2 saturated carbocycles. The molecule has 2 aromatic heterocycles. The second-order valence-electron chi connectivity index (χ2n) is 14.2. The molecule has 4 unspecified atom stereocenters. The summed E-state index contributed by atoms with van der Waals surface area (Å²) in [5, 5.41) is 22.0. The number of hydrogen-bond donors (Lipinski definition) is 2. The van der Waals surface area contributed by atoms with Crippen molar-refractivity contribution in [2.24, 2.45) is 11.3 Å².